The average Bonchev–Trinajstić information content (AvgIpc) is 2.45. The summed E-state index contributed by atoms with van der Waals surface area (Å²) in [6, 6.07) is 8.28. The molecule has 0 unspecified atom stereocenters. The summed E-state index contributed by atoms with van der Waals surface area (Å²) >= 11 is 7.58. The number of aromatic nitrogens is 2. The molecule has 1 aromatic heterocycles. The number of nitrogens with zero attached hydrogens (tertiary/aromatic N) is 1. The second kappa shape index (κ2) is 5.81. The molecule has 5 heteroatoms. The van der Waals surface area contributed by atoms with E-state index in [-0.39, 0.29) is 5.69 Å². The number of hydrogen-bond acceptors (Lipinski definition) is 2. The molecule has 1 aromatic carbocycles. The van der Waals surface area contributed by atoms with Crippen molar-refractivity contribution in [3.63, 3.8) is 0 Å². The highest BCUT2D eigenvalue weighted by Gasteiger charge is 2.16. The average molecular weight is 398 g/mol. The molecular formula is C15H15IN2OS. The zero-order valence-electron chi connectivity index (χ0n) is 11.0. The van der Waals surface area contributed by atoms with Crippen molar-refractivity contribution >= 4 is 34.8 Å². The van der Waals surface area contributed by atoms with Crippen LogP contribution in [-0.2, 0) is 19.4 Å². The van der Waals surface area contributed by atoms with Crippen LogP contribution in [0, 0.1) is 8.21 Å². The quantitative estimate of drug-likeness (QED) is 0.622. The van der Waals surface area contributed by atoms with Crippen LogP contribution in [0.5, 0.6) is 0 Å². The van der Waals surface area contributed by atoms with Crippen molar-refractivity contribution in [3.05, 3.63) is 59.8 Å². The molecule has 0 aliphatic heterocycles. The second-order valence-electron chi connectivity index (χ2n) is 5.10. The highest BCUT2D eigenvalue weighted by atomic mass is 127. The maximum absolute atomic E-state index is 12.2. The molecule has 0 spiro atoms. The van der Waals surface area contributed by atoms with Gasteiger partial charge in [-0.15, -0.1) is 0 Å². The van der Waals surface area contributed by atoms with E-state index in [4.69, 9.17) is 12.2 Å². The normalized spacial score (nSPS) is 14.1. The molecule has 1 aliphatic carbocycles. The largest absolute Gasteiger partial charge is 0.327 e. The Morgan fingerprint density at radius 2 is 1.90 bits per heavy atom. The summed E-state index contributed by atoms with van der Waals surface area (Å²) < 4.78 is 3.68. The van der Waals surface area contributed by atoms with Gasteiger partial charge in [0.05, 0.1) is 6.54 Å². The Morgan fingerprint density at radius 1 is 1.20 bits per heavy atom. The number of halogens is 1. The summed E-state index contributed by atoms with van der Waals surface area (Å²) in [5.74, 6) is 0. The third-order valence-electron chi connectivity index (χ3n) is 3.76. The first-order chi connectivity index (χ1) is 9.65. The molecule has 0 saturated heterocycles. The van der Waals surface area contributed by atoms with Gasteiger partial charge in [0.2, 0.25) is 0 Å². The first-order valence-electron chi connectivity index (χ1n) is 6.74. The smallest absolute Gasteiger partial charge is 0.298 e. The summed E-state index contributed by atoms with van der Waals surface area (Å²) in [6.45, 7) is 0.615. The summed E-state index contributed by atoms with van der Waals surface area (Å²) in [7, 11) is 0. The Balaban J connectivity index is 2.07. The molecule has 0 saturated carbocycles. The van der Waals surface area contributed by atoms with Crippen molar-refractivity contribution in [1.29, 1.82) is 0 Å². The fourth-order valence-electron chi connectivity index (χ4n) is 2.73. The summed E-state index contributed by atoms with van der Waals surface area (Å²) in [5.41, 5.74) is 3.35. The minimum Gasteiger partial charge on any atom is -0.298 e. The van der Waals surface area contributed by atoms with Crippen molar-refractivity contribution in [3.8, 4) is 0 Å². The zero-order valence-corrected chi connectivity index (χ0v) is 14.0. The maximum Gasteiger partial charge on any atom is 0.327 e. The number of H-pyrrole nitrogens is 1. The maximum atomic E-state index is 12.2. The molecule has 1 heterocycles. The first kappa shape index (κ1) is 14.0. The SMILES string of the molecule is O=c1[nH]c(=S)c2c(n1Cc1ccc(I)cc1)CCCC2. The Bertz CT molecular complexity index is 746. The zero-order chi connectivity index (χ0) is 14.1. The number of benzene rings is 1. The highest BCUT2D eigenvalue weighted by Crippen LogP contribution is 2.21. The van der Waals surface area contributed by atoms with Crippen molar-refractivity contribution in [2.75, 3.05) is 0 Å². The predicted octanol–water partition coefficient (Wildman–Crippen LogP) is 3.44. The molecule has 0 atom stereocenters. The van der Waals surface area contributed by atoms with Gasteiger partial charge in [-0.2, -0.15) is 0 Å². The Kier molecular flexibility index (Phi) is 4.07. The van der Waals surface area contributed by atoms with Gasteiger partial charge in [0.25, 0.3) is 0 Å². The number of rotatable bonds is 2. The van der Waals surface area contributed by atoms with Gasteiger partial charge in [-0.3, -0.25) is 9.55 Å². The van der Waals surface area contributed by atoms with E-state index < -0.39 is 0 Å². The molecule has 0 radical (unpaired) electrons. The predicted molar refractivity (Wildman–Crippen MR) is 90.8 cm³/mol. The summed E-state index contributed by atoms with van der Waals surface area (Å²) in [5, 5.41) is 0. The van der Waals surface area contributed by atoms with Gasteiger partial charge in [-0.05, 0) is 66.0 Å². The highest BCUT2D eigenvalue weighted by molar-refractivity contribution is 14.1. The second-order valence-corrected chi connectivity index (χ2v) is 6.76. The van der Waals surface area contributed by atoms with Crippen LogP contribution < -0.4 is 5.69 Å². The van der Waals surface area contributed by atoms with Crippen molar-refractivity contribution in [2.24, 2.45) is 0 Å². The fraction of sp³-hybridized carbons (Fsp3) is 0.333. The van der Waals surface area contributed by atoms with Gasteiger partial charge in [0, 0.05) is 14.8 Å². The molecule has 104 valence electrons. The Labute approximate surface area is 136 Å². The molecular weight excluding hydrogens is 383 g/mol. The van der Waals surface area contributed by atoms with Crippen LogP contribution in [0.4, 0.5) is 0 Å². The van der Waals surface area contributed by atoms with Crippen molar-refractivity contribution < 1.29 is 0 Å². The monoisotopic (exact) mass is 398 g/mol. The van der Waals surface area contributed by atoms with E-state index >= 15 is 0 Å². The first-order valence-corrected chi connectivity index (χ1v) is 8.23. The van der Waals surface area contributed by atoms with Gasteiger partial charge in [0.1, 0.15) is 4.64 Å². The lowest BCUT2D eigenvalue weighted by atomic mass is 9.97. The molecule has 1 aliphatic rings. The molecule has 3 nitrogen and oxygen atoms in total. The Morgan fingerprint density at radius 3 is 2.65 bits per heavy atom. The number of hydrogen-bond donors (Lipinski definition) is 1. The number of nitrogens with one attached hydrogen (secondary N) is 1. The van der Waals surface area contributed by atoms with Crippen LogP contribution in [0.3, 0.4) is 0 Å². The standard InChI is InChI=1S/C15H15IN2OS/c16-11-7-5-10(6-8-11)9-18-13-4-2-1-3-12(13)14(20)17-15(18)19/h5-8H,1-4,9H2,(H,17,19,20). The van der Waals surface area contributed by atoms with Crippen molar-refractivity contribution in [2.45, 2.75) is 32.2 Å². The summed E-state index contributed by atoms with van der Waals surface area (Å²) in [6.07, 6.45) is 4.23. The molecule has 0 fully saturated rings. The minimum atomic E-state index is -0.0887. The van der Waals surface area contributed by atoms with E-state index in [1.807, 2.05) is 4.57 Å². The third-order valence-corrected chi connectivity index (χ3v) is 4.83. The van der Waals surface area contributed by atoms with E-state index in [0.717, 1.165) is 42.5 Å². The van der Waals surface area contributed by atoms with Crippen LogP contribution in [0.1, 0.15) is 29.7 Å². The van der Waals surface area contributed by atoms with Crippen LogP contribution >= 0.6 is 34.8 Å². The van der Waals surface area contributed by atoms with Gasteiger partial charge in [0.15, 0.2) is 0 Å². The number of aromatic amines is 1. The lowest BCUT2D eigenvalue weighted by molar-refractivity contribution is 0.584. The molecule has 0 bridgehead atoms. The van der Waals surface area contributed by atoms with E-state index in [2.05, 4.69) is 51.8 Å². The molecule has 1 N–H and O–H groups in total. The lowest BCUT2D eigenvalue weighted by Crippen LogP contribution is -2.30. The Hall–Kier alpha value is -0.950. The van der Waals surface area contributed by atoms with Crippen LogP contribution in [0.2, 0.25) is 0 Å². The van der Waals surface area contributed by atoms with Crippen molar-refractivity contribution in [1.82, 2.24) is 9.55 Å². The van der Waals surface area contributed by atoms with Gasteiger partial charge >= 0.3 is 5.69 Å². The van der Waals surface area contributed by atoms with Gasteiger partial charge in [-0.1, -0.05) is 24.4 Å². The van der Waals surface area contributed by atoms with Gasteiger partial charge in [-0.25, -0.2) is 4.79 Å². The molecule has 20 heavy (non-hydrogen) atoms. The topological polar surface area (TPSA) is 37.8 Å². The molecule has 3 rings (SSSR count). The van der Waals surface area contributed by atoms with E-state index in [1.54, 1.807) is 0 Å². The third kappa shape index (κ3) is 2.74. The van der Waals surface area contributed by atoms with E-state index in [0.29, 0.717) is 11.2 Å². The van der Waals surface area contributed by atoms with E-state index in [1.165, 1.54) is 3.57 Å². The van der Waals surface area contributed by atoms with E-state index in [9.17, 15) is 4.79 Å². The minimum absolute atomic E-state index is 0.0887. The molecule has 0 amide bonds. The fourth-order valence-corrected chi connectivity index (χ4v) is 3.40. The lowest BCUT2D eigenvalue weighted by Gasteiger charge is -2.20. The number of fused-ring (bicyclic) bond motifs is 1. The molecule has 2 aromatic rings. The summed E-state index contributed by atoms with van der Waals surface area (Å²) in [4.78, 5) is 15.0. The van der Waals surface area contributed by atoms with Crippen LogP contribution in [0.15, 0.2) is 29.1 Å². The van der Waals surface area contributed by atoms with Crippen LogP contribution in [-0.4, -0.2) is 9.55 Å². The van der Waals surface area contributed by atoms with Crippen LogP contribution in [0.25, 0.3) is 0 Å². The van der Waals surface area contributed by atoms with Gasteiger partial charge < -0.3 is 0 Å².